The van der Waals surface area contributed by atoms with Gasteiger partial charge >= 0.3 is 5.97 Å². The number of halogens is 1. The maximum atomic E-state index is 13.5. The molecule has 6 heteroatoms. The second-order valence-electron chi connectivity index (χ2n) is 3.36. The van der Waals surface area contributed by atoms with Crippen molar-refractivity contribution in [3.8, 4) is 5.75 Å². The van der Waals surface area contributed by atoms with Crippen LogP contribution in [-0.2, 0) is 14.3 Å². The van der Waals surface area contributed by atoms with E-state index >= 15 is 0 Å². The van der Waals surface area contributed by atoms with Crippen LogP contribution in [0.2, 0.25) is 0 Å². The van der Waals surface area contributed by atoms with Crippen molar-refractivity contribution in [2.75, 3.05) is 14.2 Å². The fraction of sp³-hybridized carbons (Fsp3) is 0.250. The number of hydrogen-bond acceptors (Lipinski definition) is 5. The quantitative estimate of drug-likeness (QED) is 0.341. The Kier molecular flexibility index (Phi) is 4.53. The molecule has 0 saturated carbocycles. The van der Waals surface area contributed by atoms with E-state index in [0.717, 1.165) is 13.2 Å². The van der Waals surface area contributed by atoms with Crippen molar-refractivity contribution >= 4 is 17.5 Å². The highest BCUT2D eigenvalue weighted by molar-refractivity contribution is 6.38. The Morgan fingerprint density at radius 2 is 1.89 bits per heavy atom. The average molecular weight is 254 g/mol. The normalized spacial score (nSPS) is 9.72. The Hall–Kier alpha value is -2.24. The Bertz CT molecular complexity index is 495. The Morgan fingerprint density at radius 3 is 2.39 bits per heavy atom. The molecule has 96 valence electrons. The number of Topliss-reactive ketones (excluding diaryl/α,β-unsaturated/α-hetero) is 2. The number of benzene rings is 1. The zero-order valence-corrected chi connectivity index (χ0v) is 9.86. The second-order valence-corrected chi connectivity index (χ2v) is 3.36. The third-order valence-corrected chi connectivity index (χ3v) is 2.21. The van der Waals surface area contributed by atoms with Gasteiger partial charge in [-0.2, -0.15) is 0 Å². The molecule has 0 aromatic heterocycles. The number of carbonyl (C=O) groups is 3. The fourth-order valence-corrected chi connectivity index (χ4v) is 1.28. The van der Waals surface area contributed by atoms with Crippen LogP contribution in [0, 0.1) is 5.82 Å². The van der Waals surface area contributed by atoms with Crippen LogP contribution in [0.1, 0.15) is 16.8 Å². The van der Waals surface area contributed by atoms with Gasteiger partial charge in [-0.05, 0) is 12.1 Å². The van der Waals surface area contributed by atoms with Gasteiger partial charge in [-0.3, -0.25) is 9.59 Å². The van der Waals surface area contributed by atoms with E-state index in [1.54, 1.807) is 0 Å². The molecule has 0 bridgehead atoms. The molecule has 1 aromatic carbocycles. The molecule has 0 heterocycles. The van der Waals surface area contributed by atoms with Crippen LogP contribution in [0.5, 0.6) is 5.75 Å². The molecule has 18 heavy (non-hydrogen) atoms. The molecule has 0 radical (unpaired) electrons. The monoisotopic (exact) mass is 254 g/mol. The first-order valence-corrected chi connectivity index (χ1v) is 4.97. The van der Waals surface area contributed by atoms with Gasteiger partial charge in [0.15, 0.2) is 5.78 Å². The predicted molar refractivity (Wildman–Crippen MR) is 58.9 cm³/mol. The van der Waals surface area contributed by atoms with Crippen LogP contribution in [0.4, 0.5) is 4.39 Å². The van der Waals surface area contributed by atoms with Gasteiger partial charge in [0.05, 0.1) is 26.2 Å². The molecule has 0 fully saturated rings. The zero-order valence-electron chi connectivity index (χ0n) is 9.86. The summed E-state index contributed by atoms with van der Waals surface area (Å²) in [6, 6.07) is 3.61. The molecule has 0 atom stereocenters. The van der Waals surface area contributed by atoms with E-state index in [-0.39, 0.29) is 11.3 Å². The molecule has 0 amide bonds. The molecule has 0 N–H and O–H groups in total. The van der Waals surface area contributed by atoms with Gasteiger partial charge in [-0.1, -0.05) is 0 Å². The largest absolute Gasteiger partial charge is 0.497 e. The maximum Gasteiger partial charge on any atom is 0.374 e. The summed E-state index contributed by atoms with van der Waals surface area (Å²) in [6.07, 6.45) is -0.726. The number of hydrogen-bond donors (Lipinski definition) is 0. The van der Waals surface area contributed by atoms with E-state index in [2.05, 4.69) is 4.74 Å². The number of esters is 1. The third-order valence-electron chi connectivity index (χ3n) is 2.21. The van der Waals surface area contributed by atoms with Gasteiger partial charge in [0.1, 0.15) is 11.6 Å². The lowest BCUT2D eigenvalue weighted by atomic mass is 10.1. The van der Waals surface area contributed by atoms with Gasteiger partial charge in [0, 0.05) is 6.07 Å². The van der Waals surface area contributed by atoms with Crippen LogP contribution in [0.3, 0.4) is 0 Å². The Labute approximate surface area is 102 Å². The van der Waals surface area contributed by atoms with Crippen molar-refractivity contribution in [3.63, 3.8) is 0 Å². The Balaban J connectivity index is 2.85. The molecular formula is C12H11FO5. The maximum absolute atomic E-state index is 13.5. The van der Waals surface area contributed by atoms with Crippen molar-refractivity contribution in [1.29, 1.82) is 0 Å². The number of methoxy groups -OCH3 is 2. The number of rotatable bonds is 5. The van der Waals surface area contributed by atoms with E-state index in [0.29, 0.717) is 0 Å². The van der Waals surface area contributed by atoms with Gasteiger partial charge in [-0.25, -0.2) is 9.18 Å². The van der Waals surface area contributed by atoms with Crippen LogP contribution in [0.15, 0.2) is 18.2 Å². The molecule has 1 aromatic rings. The topological polar surface area (TPSA) is 69.7 Å². The van der Waals surface area contributed by atoms with E-state index in [1.807, 2.05) is 0 Å². The second kappa shape index (κ2) is 5.90. The van der Waals surface area contributed by atoms with E-state index < -0.39 is 29.8 Å². The standard InChI is InChI=1S/C12H11FO5/c1-17-7-3-4-8(9(13)5-7)10(14)6-11(15)12(16)18-2/h3-5H,6H2,1-2H3. The van der Waals surface area contributed by atoms with Crippen LogP contribution < -0.4 is 4.74 Å². The van der Waals surface area contributed by atoms with Crippen LogP contribution in [0.25, 0.3) is 0 Å². The van der Waals surface area contributed by atoms with Crippen molar-refractivity contribution in [3.05, 3.63) is 29.6 Å². The number of ketones is 2. The summed E-state index contributed by atoms with van der Waals surface area (Å²) in [5.74, 6) is -3.49. The molecule has 0 spiro atoms. The minimum absolute atomic E-state index is 0.253. The van der Waals surface area contributed by atoms with Crippen molar-refractivity contribution in [1.82, 2.24) is 0 Å². The predicted octanol–water partition coefficient (Wildman–Crippen LogP) is 1.15. The van der Waals surface area contributed by atoms with E-state index in [9.17, 15) is 18.8 Å². The summed E-state index contributed by atoms with van der Waals surface area (Å²) in [5, 5.41) is 0. The molecule has 0 saturated heterocycles. The van der Waals surface area contributed by atoms with Crippen LogP contribution >= 0.6 is 0 Å². The lowest BCUT2D eigenvalue weighted by Gasteiger charge is -2.04. The summed E-state index contributed by atoms with van der Waals surface area (Å²) in [5.41, 5.74) is -0.270. The summed E-state index contributed by atoms with van der Waals surface area (Å²) in [4.78, 5) is 33.6. The fourth-order valence-electron chi connectivity index (χ4n) is 1.28. The molecule has 5 nitrogen and oxygen atoms in total. The number of ether oxygens (including phenoxy) is 2. The molecule has 0 unspecified atom stereocenters. The van der Waals surface area contributed by atoms with Gasteiger partial charge in [-0.15, -0.1) is 0 Å². The van der Waals surface area contributed by atoms with Crippen LogP contribution in [-0.4, -0.2) is 31.8 Å². The molecule has 0 aliphatic rings. The minimum Gasteiger partial charge on any atom is -0.497 e. The molecular weight excluding hydrogens is 243 g/mol. The average Bonchev–Trinajstić information content (AvgIpc) is 2.37. The van der Waals surface area contributed by atoms with E-state index in [4.69, 9.17) is 4.74 Å². The molecule has 0 aliphatic heterocycles. The smallest absolute Gasteiger partial charge is 0.374 e. The summed E-state index contributed by atoms with van der Waals surface area (Å²) >= 11 is 0. The minimum atomic E-state index is -1.13. The van der Waals surface area contributed by atoms with Gasteiger partial charge in [0.25, 0.3) is 0 Å². The van der Waals surface area contributed by atoms with E-state index in [1.165, 1.54) is 19.2 Å². The van der Waals surface area contributed by atoms with Gasteiger partial charge < -0.3 is 9.47 Å². The number of carbonyl (C=O) groups excluding carboxylic acids is 3. The van der Waals surface area contributed by atoms with Gasteiger partial charge in [0.2, 0.25) is 5.78 Å². The SMILES string of the molecule is COC(=O)C(=O)CC(=O)c1ccc(OC)cc1F. The zero-order chi connectivity index (χ0) is 13.7. The van der Waals surface area contributed by atoms with Crippen molar-refractivity contribution in [2.45, 2.75) is 6.42 Å². The lowest BCUT2D eigenvalue weighted by molar-refractivity contribution is -0.151. The third kappa shape index (κ3) is 3.13. The highest BCUT2D eigenvalue weighted by Crippen LogP contribution is 2.17. The molecule has 1 rings (SSSR count). The lowest BCUT2D eigenvalue weighted by Crippen LogP contribution is -2.19. The first kappa shape index (κ1) is 13.8. The highest BCUT2D eigenvalue weighted by atomic mass is 19.1. The molecule has 0 aliphatic carbocycles. The highest BCUT2D eigenvalue weighted by Gasteiger charge is 2.21. The first-order valence-electron chi connectivity index (χ1n) is 4.97. The summed E-state index contributed by atoms with van der Waals surface area (Å²) in [6.45, 7) is 0. The van der Waals surface area contributed by atoms with Crippen molar-refractivity contribution < 1.29 is 28.2 Å². The Morgan fingerprint density at radius 1 is 1.22 bits per heavy atom. The summed E-state index contributed by atoms with van der Waals surface area (Å²) < 4.78 is 22.4. The van der Waals surface area contributed by atoms with Crippen molar-refractivity contribution in [2.24, 2.45) is 0 Å². The first-order chi connectivity index (χ1) is 8.49. The summed E-state index contributed by atoms with van der Waals surface area (Å²) in [7, 11) is 2.38.